The molecule has 3 nitrogen and oxygen atoms in total. The highest BCUT2D eigenvalue weighted by Crippen LogP contribution is 2.35. The van der Waals surface area contributed by atoms with E-state index >= 15 is 0 Å². The van der Waals surface area contributed by atoms with Gasteiger partial charge in [-0.2, -0.15) is 0 Å². The molecule has 3 atom stereocenters. The molecular weight excluding hydrogens is 310 g/mol. The molecule has 2 aromatic rings. The van der Waals surface area contributed by atoms with Gasteiger partial charge in [0, 0.05) is 18.5 Å². The molecule has 25 heavy (non-hydrogen) atoms. The molecule has 0 heterocycles. The van der Waals surface area contributed by atoms with Crippen molar-refractivity contribution in [3.05, 3.63) is 71.3 Å². The molecule has 1 aliphatic rings. The van der Waals surface area contributed by atoms with Crippen LogP contribution in [0, 0.1) is 0 Å². The van der Waals surface area contributed by atoms with Crippen molar-refractivity contribution < 1.29 is 9.90 Å². The summed E-state index contributed by atoms with van der Waals surface area (Å²) < 4.78 is 0. The van der Waals surface area contributed by atoms with E-state index < -0.39 is 5.97 Å². The number of carbonyl (C=O) groups is 1. The zero-order chi connectivity index (χ0) is 17.6. The molecule has 0 bridgehead atoms. The first-order valence-corrected chi connectivity index (χ1v) is 9.23. The van der Waals surface area contributed by atoms with E-state index in [9.17, 15) is 4.79 Å². The third-order valence-corrected chi connectivity index (χ3v) is 5.30. The lowest BCUT2D eigenvalue weighted by molar-refractivity contribution is -0.136. The standard InChI is InChI=1S/C22H27NO2/c1-16(18-5-3-2-4-6-18)23-21-13-12-20(15-21)19-10-7-17(8-11-19)9-14-22(24)25/h2-8,10-11,16,20-21,23H,9,12-15H2,1H3,(H,24,25)/t16-,20+,21+/m1/s1. The van der Waals surface area contributed by atoms with Crippen molar-refractivity contribution >= 4 is 5.97 Å². The number of nitrogens with one attached hydrogen (secondary N) is 1. The number of rotatable bonds is 7. The van der Waals surface area contributed by atoms with Crippen LogP contribution < -0.4 is 5.32 Å². The van der Waals surface area contributed by atoms with Gasteiger partial charge < -0.3 is 10.4 Å². The number of aliphatic carboxylic acids is 1. The summed E-state index contributed by atoms with van der Waals surface area (Å²) in [6, 6.07) is 20.1. The van der Waals surface area contributed by atoms with Crippen molar-refractivity contribution in [2.75, 3.05) is 0 Å². The monoisotopic (exact) mass is 337 g/mol. The van der Waals surface area contributed by atoms with Crippen molar-refractivity contribution in [3.8, 4) is 0 Å². The second kappa shape index (κ2) is 8.30. The Hall–Kier alpha value is -2.13. The van der Waals surface area contributed by atoms with Crippen LogP contribution in [0.15, 0.2) is 54.6 Å². The summed E-state index contributed by atoms with van der Waals surface area (Å²) in [6.07, 6.45) is 4.41. The molecule has 0 aliphatic heterocycles. The number of carboxylic acids is 1. The first-order valence-electron chi connectivity index (χ1n) is 9.23. The lowest BCUT2D eigenvalue weighted by Gasteiger charge is -2.20. The van der Waals surface area contributed by atoms with Gasteiger partial charge in [-0.3, -0.25) is 4.79 Å². The van der Waals surface area contributed by atoms with E-state index in [-0.39, 0.29) is 6.42 Å². The van der Waals surface area contributed by atoms with Crippen LogP contribution in [-0.2, 0) is 11.2 Å². The second-order valence-electron chi connectivity index (χ2n) is 7.14. The van der Waals surface area contributed by atoms with E-state index in [1.54, 1.807) is 0 Å². The van der Waals surface area contributed by atoms with Gasteiger partial charge in [-0.1, -0.05) is 54.6 Å². The molecule has 1 aliphatic carbocycles. The quantitative estimate of drug-likeness (QED) is 0.770. The maximum absolute atomic E-state index is 10.7. The van der Waals surface area contributed by atoms with E-state index in [1.165, 1.54) is 30.4 Å². The van der Waals surface area contributed by atoms with Gasteiger partial charge in [0.25, 0.3) is 0 Å². The molecule has 0 aromatic heterocycles. The Morgan fingerprint density at radius 1 is 1.12 bits per heavy atom. The summed E-state index contributed by atoms with van der Waals surface area (Å²) in [4.78, 5) is 10.7. The number of benzene rings is 2. The maximum atomic E-state index is 10.7. The van der Waals surface area contributed by atoms with E-state index in [4.69, 9.17) is 5.11 Å². The molecule has 1 saturated carbocycles. The third kappa shape index (κ3) is 4.93. The van der Waals surface area contributed by atoms with E-state index in [0.29, 0.717) is 24.4 Å². The first kappa shape index (κ1) is 17.7. The van der Waals surface area contributed by atoms with Crippen LogP contribution in [0.1, 0.15) is 61.3 Å². The molecule has 2 N–H and O–H groups in total. The summed E-state index contributed by atoms with van der Waals surface area (Å²) in [5.74, 6) is -0.129. The van der Waals surface area contributed by atoms with Gasteiger partial charge in [0.1, 0.15) is 0 Å². The van der Waals surface area contributed by atoms with Gasteiger partial charge in [-0.05, 0) is 55.2 Å². The summed E-state index contributed by atoms with van der Waals surface area (Å²) in [6.45, 7) is 2.24. The Morgan fingerprint density at radius 2 is 1.84 bits per heavy atom. The maximum Gasteiger partial charge on any atom is 0.303 e. The molecule has 0 spiro atoms. The molecule has 0 amide bonds. The number of aryl methyl sites for hydroxylation is 1. The Morgan fingerprint density at radius 3 is 2.52 bits per heavy atom. The van der Waals surface area contributed by atoms with Crippen LogP contribution in [0.25, 0.3) is 0 Å². The number of hydrogen-bond donors (Lipinski definition) is 2. The van der Waals surface area contributed by atoms with Gasteiger partial charge in [-0.25, -0.2) is 0 Å². The number of hydrogen-bond acceptors (Lipinski definition) is 2. The lowest BCUT2D eigenvalue weighted by Crippen LogP contribution is -2.29. The van der Waals surface area contributed by atoms with Crippen LogP contribution >= 0.6 is 0 Å². The van der Waals surface area contributed by atoms with E-state index in [1.807, 2.05) is 0 Å². The largest absolute Gasteiger partial charge is 0.481 e. The highest BCUT2D eigenvalue weighted by Gasteiger charge is 2.26. The average molecular weight is 337 g/mol. The highest BCUT2D eigenvalue weighted by atomic mass is 16.4. The minimum Gasteiger partial charge on any atom is -0.481 e. The van der Waals surface area contributed by atoms with Crippen molar-refractivity contribution in [1.82, 2.24) is 5.32 Å². The fourth-order valence-corrected chi connectivity index (χ4v) is 3.83. The molecule has 0 unspecified atom stereocenters. The van der Waals surface area contributed by atoms with Crippen molar-refractivity contribution in [1.29, 1.82) is 0 Å². The third-order valence-electron chi connectivity index (χ3n) is 5.30. The molecule has 132 valence electrons. The smallest absolute Gasteiger partial charge is 0.303 e. The Kier molecular flexibility index (Phi) is 5.87. The molecule has 1 fully saturated rings. The topological polar surface area (TPSA) is 49.3 Å². The molecule has 0 radical (unpaired) electrons. The first-order chi connectivity index (χ1) is 12.1. The minimum atomic E-state index is -0.735. The minimum absolute atomic E-state index is 0.201. The van der Waals surface area contributed by atoms with Crippen molar-refractivity contribution in [3.63, 3.8) is 0 Å². The van der Waals surface area contributed by atoms with Gasteiger partial charge in [0.15, 0.2) is 0 Å². The van der Waals surface area contributed by atoms with Gasteiger partial charge in [0.05, 0.1) is 0 Å². The predicted molar refractivity (Wildman–Crippen MR) is 101 cm³/mol. The summed E-state index contributed by atoms with van der Waals surface area (Å²) in [5, 5.41) is 12.6. The second-order valence-corrected chi connectivity index (χ2v) is 7.14. The lowest BCUT2D eigenvalue weighted by atomic mass is 9.95. The van der Waals surface area contributed by atoms with Gasteiger partial charge in [-0.15, -0.1) is 0 Å². The fraction of sp³-hybridized carbons (Fsp3) is 0.409. The zero-order valence-electron chi connectivity index (χ0n) is 14.8. The zero-order valence-corrected chi connectivity index (χ0v) is 14.8. The Bertz CT molecular complexity index is 681. The Balaban J connectivity index is 1.53. The molecular formula is C22H27NO2. The van der Waals surface area contributed by atoms with E-state index in [0.717, 1.165) is 5.56 Å². The molecule has 3 rings (SSSR count). The Labute approximate surface area is 150 Å². The van der Waals surface area contributed by atoms with Crippen LogP contribution in [0.5, 0.6) is 0 Å². The van der Waals surface area contributed by atoms with Crippen LogP contribution in [0.3, 0.4) is 0 Å². The normalized spacial score (nSPS) is 21.2. The van der Waals surface area contributed by atoms with Crippen LogP contribution in [-0.4, -0.2) is 17.1 Å². The van der Waals surface area contributed by atoms with E-state index in [2.05, 4.69) is 66.8 Å². The molecule has 3 heteroatoms. The van der Waals surface area contributed by atoms with Crippen molar-refractivity contribution in [2.45, 2.75) is 57.0 Å². The average Bonchev–Trinajstić information content (AvgIpc) is 3.09. The molecule has 0 saturated heterocycles. The van der Waals surface area contributed by atoms with Crippen LogP contribution in [0.4, 0.5) is 0 Å². The van der Waals surface area contributed by atoms with Gasteiger partial charge in [0.2, 0.25) is 0 Å². The van der Waals surface area contributed by atoms with Crippen LogP contribution in [0.2, 0.25) is 0 Å². The van der Waals surface area contributed by atoms with Gasteiger partial charge >= 0.3 is 5.97 Å². The fourth-order valence-electron chi connectivity index (χ4n) is 3.83. The summed E-state index contributed by atoms with van der Waals surface area (Å²) >= 11 is 0. The summed E-state index contributed by atoms with van der Waals surface area (Å²) in [7, 11) is 0. The van der Waals surface area contributed by atoms with Crippen molar-refractivity contribution in [2.24, 2.45) is 0 Å². The summed E-state index contributed by atoms with van der Waals surface area (Å²) in [5.41, 5.74) is 3.83. The highest BCUT2D eigenvalue weighted by molar-refractivity contribution is 5.67. The SMILES string of the molecule is C[C@@H](N[C@H]1CC[C@H](c2ccc(CCC(=O)O)cc2)C1)c1ccccc1. The molecule has 2 aromatic carbocycles. The predicted octanol–water partition coefficient (Wildman–Crippen LogP) is 4.69. The number of carboxylic acid groups (broad SMARTS) is 1.